The summed E-state index contributed by atoms with van der Waals surface area (Å²) in [6.07, 6.45) is 0. The zero-order chi connectivity index (χ0) is 16.3. The van der Waals surface area contributed by atoms with Crippen LogP contribution >= 0.6 is 39.1 Å². The molecule has 0 bridgehead atoms. The maximum Gasteiger partial charge on any atom is 0.196 e. The Hall–Kier alpha value is -1.23. The molecule has 0 spiro atoms. The number of halogens is 3. The fourth-order valence-electron chi connectivity index (χ4n) is 2.03. The van der Waals surface area contributed by atoms with Crippen LogP contribution in [0.1, 0.15) is 21.5 Å². The Bertz CT molecular complexity index is 717. The molecule has 0 fully saturated rings. The van der Waals surface area contributed by atoms with Gasteiger partial charge in [0.1, 0.15) is 0 Å². The minimum Gasteiger partial charge on any atom is -0.493 e. The highest BCUT2D eigenvalue weighted by atomic mass is 79.9. The third kappa shape index (κ3) is 3.24. The fraction of sp³-hybridized carbons (Fsp3) is 0.188. The second-order valence-electron chi connectivity index (χ2n) is 4.43. The van der Waals surface area contributed by atoms with E-state index in [0.717, 1.165) is 5.56 Å². The molecule has 0 amide bonds. The molecule has 2 aromatic carbocycles. The Morgan fingerprint density at radius 2 is 1.77 bits per heavy atom. The second-order valence-corrected chi connectivity index (χ2v) is 5.77. The summed E-state index contributed by atoms with van der Waals surface area (Å²) in [6.45, 7) is 0. The molecule has 0 radical (unpaired) electrons. The molecule has 3 nitrogen and oxygen atoms in total. The molecule has 0 aliphatic carbocycles. The van der Waals surface area contributed by atoms with Gasteiger partial charge in [-0.25, -0.2) is 0 Å². The number of hydrogen-bond acceptors (Lipinski definition) is 3. The van der Waals surface area contributed by atoms with Gasteiger partial charge in [-0.1, -0.05) is 45.2 Å². The standard InChI is InChI=1S/C16H13BrCl2O3/c1-21-12-6-4-9(7-13(12)22-2)16(20)14-11(18)5-3-10(8-17)15(14)19/h3-7H,8H2,1-2H3. The second kappa shape index (κ2) is 7.36. The molecule has 0 heterocycles. The minimum atomic E-state index is -0.265. The number of ether oxygens (including phenoxy) is 2. The van der Waals surface area contributed by atoms with Gasteiger partial charge in [0.25, 0.3) is 0 Å². The highest BCUT2D eigenvalue weighted by molar-refractivity contribution is 9.08. The third-order valence-corrected chi connectivity index (χ3v) is 4.54. The van der Waals surface area contributed by atoms with Crippen molar-refractivity contribution in [1.29, 1.82) is 0 Å². The number of rotatable bonds is 5. The Morgan fingerprint density at radius 1 is 1.09 bits per heavy atom. The summed E-state index contributed by atoms with van der Waals surface area (Å²) in [4.78, 5) is 12.7. The van der Waals surface area contributed by atoms with Crippen LogP contribution in [0.15, 0.2) is 30.3 Å². The van der Waals surface area contributed by atoms with Gasteiger partial charge >= 0.3 is 0 Å². The predicted molar refractivity (Wildman–Crippen MR) is 92.1 cm³/mol. The van der Waals surface area contributed by atoms with E-state index >= 15 is 0 Å². The van der Waals surface area contributed by atoms with Gasteiger partial charge < -0.3 is 9.47 Å². The number of carbonyl (C=O) groups excluding carboxylic acids is 1. The molecular weight excluding hydrogens is 391 g/mol. The molecule has 0 saturated heterocycles. The molecule has 0 aliphatic heterocycles. The lowest BCUT2D eigenvalue weighted by atomic mass is 10.0. The maximum absolute atomic E-state index is 12.7. The van der Waals surface area contributed by atoms with E-state index in [4.69, 9.17) is 32.7 Å². The van der Waals surface area contributed by atoms with Crippen molar-refractivity contribution in [3.05, 3.63) is 57.1 Å². The van der Waals surface area contributed by atoms with Gasteiger partial charge in [0.2, 0.25) is 0 Å². The molecule has 22 heavy (non-hydrogen) atoms. The first-order chi connectivity index (χ1) is 10.5. The number of ketones is 1. The van der Waals surface area contributed by atoms with E-state index in [1.165, 1.54) is 14.2 Å². The summed E-state index contributed by atoms with van der Waals surface area (Å²) in [5.41, 5.74) is 1.51. The lowest BCUT2D eigenvalue weighted by molar-refractivity contribution is 0.103. The number of benzene rings is 2. The van der Waals surface area contributed by atoms with Crippen LogP contribution in [0.4, 0.5) is 0 Å². The summed E-state index contributed by atoms with van der Waals surface area (Å²) >= 11 is 15.8. The van der Waals surface area contributed by atoms with Gasteiger partial charge in [-0.15, -0.1) is 0 Å². The predicted octanol–water partition coefficient (Wildman–Crippen LogP) is 5.14. The van der Waals surface area contributed by atoms with Crippen molar-refractivity contribution in [3.63, 3.8) is 0 Å². The van der Waals surface area contributed by atoms with E-state index in [9.17, 15) is 4.79 Å². The van der Waals surface area contributed by atoms with E-state index in [2.05, 4.69) is 15.9 Å². The van der Waals surface area contributed by atoms with Gasteiger partial charge in [-0.2, -0.15) is 0 Å². The van der Waals surface area contributed by atoms with Crippen LogP contribution in [0.5, 0.6) is 11.5 Å². The Morgan fingerprint density at radius 3 is 2.36 bits per heavy atom. The van der Waals surface area contributed by atoms with Crippen molar-refractivity contribution >= 4 is 44.9 Å². The maximum atomic E-state index is 12.7. The average Bonchev–Trinajstić information content (AvgIpc) is 2.54. The molecule has 0 unspecified atom stereocenters. The summed E-state index contributed by atoms with van der Waals surface area (Å²) < 4.78 is 10.4. The van der Waals surface area contributed by atoms with Crippen molar-refractivity contribution in [2.24, 2.45) is 0 Å². The summed E-state index contributed by atoms with van der Waals surface area (Å²) in [5.74, 6) is 0.751. The number of methoxy groups -OCH3 is 2. The van der Waals surface area contributed by atoms with Crippen LogP contribution in [-0.4, -0.2) is 20.0 Å². The summed E-state index contributed by atoms with van der Waals surface area (Å²) in [5, 5.41) is 1.20. The lowest BCUT2D eigenvalue weighted by Crippen LogP contribution is -2.05. The highest BCUT2D eigenvalue weighted by Crippen LogP contribution is 2.34. The zero-order valence-corrected chi connectivity index (χ0v) is 15.1. The number of hydrogen-bond donors (Lipinski definition) is 0. The van der Waals surface area contributed by atoms with E-state index in [1.807, 2.05) is 0 Å². The van der Waals surface area contributed by atoms with Crippen LogP contribution in [-0.2, 0) is 5.33 Å². The van der Waals surface area contributed by atoms with Crippen molar-refractivity contribution in [3.8, 4) is 11.5 Å². The molecular formula is C16H13BrCl2O3. The van der Waals surface area contributed by atoms with Gasteiger partial charge in [-0.05, 0) is 29.8 Å². The average molecular weight is 404 g/mol. The van der Waals surface area contributed by atoms with Crippen LogP contribution in [0.25, 0.3) is 0 Å². The molecule has 116 valence electrons. The van der Waals surface area contributed by atoms with Crippen LogP contribution < -0.4 is 9.47 Å². The van der Waals surface area contributed by atoms with Gasteiger partial charge in [0, 0.05) is 10.9 Å². The van der Waals surface area contributed by atoms with Crippen LogP contribution in [0.3, 0.4) is 0 Å². The third-order valence-electron chi connectivity index (χ3n) is 3.19. The molecule has 0 aliphatic rings. The van der Waals surface area contributed by atoms with Gasteiger partial charge in [0.15, 0.2) is 17.3 Å². The van der Waals surface area contributed by atoms with E-state index in [-0.39, 0.29) is 11.3 Å². The molecule has 0 atom stereocenters. The normalized spacial score (nSPS) is 10.4. The molecule has 0 aromatic heterocycles. The fourth-order valence-corrected chi connectivity index (χ4v) is 3.27. The summed E-state index contributed by atoms with van der Waals surface area (Å²) in [6, 6.07) is 8.37. The van der Waals surface area contributed by atoms with Gasteiger partial charge in [0.05, 0.1) is 29.8 Å². The molecule has 2 rings (SSSR count). The van der Waals surface area contributed by atoms with Gasteiger partial charge in [-0.3, -0.25) is 4.79 Å². The van der Waals surface area contributed by atoms with Crippen molar-refractivity contribution in [2.45, 2.75) is 5.33 Å². The van der Waals surface area contributed by atoms with Crippen LogP contribution in [0.2, 0.25) is 10.0 Å². The number of carbonyl (C=O) groups is 1. The van der Waals surface area contributed by atoms with Crippen molar-refractivity contribution in [2.75, 3.05) is 14.2 Å². The van der Waals surface area contributed by atoms with Crippen molar-refractivity contribution < 1.29 is 14.3 Å². The minimum absolute atomic E-state index is 0.265. The lowest BCUT2D eigenvalue weighted by Gasteiger charge is -2.12. The largest absolute Gasteiger partial charge is 0.493 e. The monoisotopic (exact) mass is 402 g/mol. The Balaban J connectivity index is 2.53. The van der Waals surface area contributed by atoms with Crippen LogP contribution in [0, 0.1) is 0 Å². The van der Waals surface area contributed by atoms with E-state index in [1.54, 1.807) is 30.3 Å². The highest BCUT2D eigenvalue weighted by Gasteiger charge is 2.20. The molecule has 6 heteroatoms. The first-order valence-electron chi connectivity index (χ1n) is 6.33. The topological polar surface area (TPSA) is 35.5 Å². The summed E-state index contributed by atoms with van der Waals surface area (Å²) in [7, 11) is 3.05. The smallest absolute Gasteiger partial charge is 0.196 e. The SMILES string of the molecule is COc1ccc(C(=O)c2c(Cl)ccc(CBr)c2Cl)cc1OC. The first kappa shape index (κ1) is 17.1. The molecule has 0 N–H and O–H groups in total. The van der Waals surface area contributed by atoms with E-state index in [0.29, 0.717) is 32.4 Å². The van der Waals surface area contributed by atoms with E-state index < -0.39 is 0 Å². The zero-order valence-electron chi connectivity index (χ0n) is 12.0. The first-order valence-corrected chi connectivity index (χ1v) is 8.20. The molecule has 2 aromatic rings. The number of alkyl halides is 1. The molecule has 0 saturated carbocycles. The Kier molecular flexibility index (Phi) is 5.73. The van der Waals surface area contributed by atoms with Crippen molar-refractivity contribution in [1.82, 2.24) is 0 Å². The quantitative estimate of drug-likeness (QED) is 0.512. The Labute approximate surface area is 147 Å².